The monoisotopic (exact) mass is 311 g/mol. The Balaban J connectivity index is 1.53. The van der Waals surface area contributed by atoms with Crippen molar-refractivity contribution >= 4 is 5.91 Å². The van der Waals surface area contributed by atoms with Gasteiger partial charge in [-0.3, -0.25) is 9.59 Å². The lowest BCUT2D eigenvalue weighted by molar-refractivity contribution is -0.125. The fourth-order valence-corrected chi connectivity index (χ4v) is 3.15. The SMILES string of the molecule is Cc1nc(CCNC(=O)[C@H]2CCc3ccccc3C2)cc(=O)[nH]1. The van der Waals surface area contributed by atoms with Crippen LogP contribution in [0.2, 0.25) is 0 Å². The predicted octanol–water partition coefficient (Wildman–Crippen LogP) is 1.54. The average Bonchev–Trinajstić information content (AvgIpc) is 2.53. The molecule has 0 aliphatic heterocycles. The zero-order valence-corrected chi connectivity index (χ0v) is 13.3. The smallest absolute Gasteiger partial charge is 0.251 e. The molecular formula is C18H21N3O2. The third kappa shape index (κ3) is 3.86. The van der Waals surface area contributed by atoms with Crippen LogP contribution >= 0.6 is 0 Å². The normalized spacial score (nSPS) is 16.7. The van der Waals surface area contributed by atoms with E-state index in [4.69, 9.17) is 0 Å². The number of rotatable bonds is 4. The first kappa shape index (κ1) is 15.5. The molecule has 1 aromatic carbocycles. The van der Waals surface area contributed by atoms with Crippen LogP contribution < -0.4 is 10.9 Å². The average molecular weight is 311 g/mol. The highest BCUT2D eigenvalue weighted by atomic mass is 16.1. The minimum atomic E-state index is -0.150. The molecule has 1 aliphatic carbocycles. The van der Waals surface area contributed by atoms with Gasteiger partial charge in [-0.05, 0) is 37.3 Å². The molecule has 0 unspecified atom stereocenters. The maximum atomic E-state index is 12.3. The maximum Gasteiger partial charge on any atom is 0.251 e. The van der Waals surface area contributed by atoms with Gasteiger partial charge in [0, 0.05) is 30.6 Å². The van der Waals surface area contributed by atoms with Gasteiger partial charge in [0.15, 0.2) is 0 Å². The van der Waals surface area contributed by atoms with E-state index in [0.717, 1.165) is 19.3 Å². The number of hydrogen-bond donors (Lipinski definition) is 2. The third-order valence-electron chi connectivity index (χ3n) is 4.31. The highest BCUT2D eigenvalue weighted by molar-refractivity contribution is 5.79. The second-order valence-electron chi connectivity index (χ2n) is 6.07. The first-order valence-electron chi connectivity index (χ1n) is 8.03. The number of nitrogens with one attached hydrogen (secondary N) is 2. The zero-order valence-electron chi connectivity index (χ0n) is 13.3. The summed E-state index contributed by atoms with van der Waals surface area (Å²) in [5.74, 6) is 0.738. The van der Waals surface area contributed by atoms with Crippen LogP contribution in [0.1, 0.15) is 29.1 Å². The Labute approximate surface area is 135 Å². The van der Waals surface area contributed by atoms with Gasteiger partial charge in [0.2, 0.25) is 5.91 Å². The van der Waals surface area contributed by atoms with Gasteiger partial charge >= 0.3 is 0 Å². The van der Waals surface area contributed by atoms with E-state index in [-0.39, 0.29) is 17.4 Å². The van der Waals surface area contributed by atoms with Gasteiger partial charge < -0.3 is 10.3 Å². The molecule has 3 rings (SSSR count). The van der Waals surface area contributed by atoms with Crippen molar-refractivity contribution < 1.29 is 4.79 Å². The van der Waals surface area contributed by atoms with Crippen LogP contribution in [0.4, 0.5) is 0 Å². The molecule has 23 heavy (non-hydrogen) atoms. The molecule has 1 atom stereocenters. The van der Waals surface area contributed by atoms with Crippen molar-refractivity contribution in [2.24, 2.45) is 5.92 Å². The van der Waals surface area contributed by atoms with Crippen LogP contribution in [0.25, 0.3) is 0 Å². The van der Waals surface area contributed by atoms with Crippen molar-refractivity contribution in [3.63, 3.8) is 0 Å². The molecule has 5 nitrogen and oxygen atoms in total. The number of benzene rings is 1. The number of aromatic amines is 1. The van der Waals surface area contributed by atoms with E-state index in [1.54, 1.807) is 6.92 Å². The quantitative estimate of drug-likeness (QED) is 0.899. The number of aromatic nitrogens is 2. The fourth-order valence-electron chi connectivity index (χ4n) is 3.15. The van der Waals surface area contributed by atoms with E-state index < -0.39 is 0 Å². The molecule has 0 saturated heterocycles. The molecule has 1 aromatic heterocycles. The Hall–Kier alpha value is -2.43. The van der Waals surface area contributed by atoms with E-state index in [9.17, 15) is 9.59 Å². The Morgan fingerprint density at radius 3 is 2.91 bits per heavy atom. The van der Waals surface area contributed by atoms with Gasteiger partial charge in [0.1, 0.15) is 5.82 Å². The number of H-pyrrole nitrogens is 1. The van der Waals surface area contributed by atoms with Crippen molar-refractivity contribution in [1.82, 2.24) is 15.3 Å². The lowest BCUT2D eigenvalue weighted by Crippen LogP contribution is -2.35. The van der Waals surface area contributed by atoms with Gasteiger partial charge in [-0.15, -0.1) is 0 Å². The van der Waals surface area contributed by atoms with Crippen LogP contribution in [0.3, 0.4) is 0 Å². The number of nitrogens with zero attached hydrogens (tertiary/aromatic N) is 1. The summed E-state index contributed by atoms with van der Waals surface area (Å²) in [5.41, 5.74) is 3.20. The molecule has 1 amide bonds. The van der Waals surface area contributed by atoms with E-state index in [2.05, 4.69) is 33.5 Å². The van der Waals surface area contributed by atoms with Crippen molar-refractivity contribution in [1.29, 1.82) is 0 Å². The molecule has 0 fully saturated rings. The van der Waals surface area contributed by atoms with Crippen molar-refractivity contribution in [2.75, 3.05) is 6.54 Å². The minimum absolute atomic E-state index is 0.0405. The third-order valence-corrected chi connectivity index (χ3v) is 4.31. The molecule has 0 radical (unpaired) electrons. The van der Waals surface area contributed by atoms with E-state index in [1.807, 2.05) is 6.07 Å². The van der Waals surface area contributed by atoms with E-state index >= 15 is 0 Å². The molecule has 1 aliphatic rings. The second-order valence-corrected chi connectivity index (χ2v) is 6.07. The maximum absolute atomic E-state index is 12.3. The van der Waals surface area contributed by atoms with Crippen LogP contribution in [0.15, 0.2) is 35.1 Å². The first-order chi connectivity index (χ1) is 11.1. The largest absolute Gasteiger partial charge is 0.355 e. The van der Waals surface area contributed by atoms with Crippen molar-refractivity contribution in [3.05, 3.63) is 63.3 Å². The first-order valence-corrected chi connectivity index (χ1v) is 8.03. The summed E-state index contributed by atoms with van der Waals surface area (Å²) in [4.78, 5) is 30.6. The Morgan fingerprint density at radius 1 is 1.35 bits per heavy atom. The number of carbonyl (C=O) groups excluding carboxylic acids is 1. The molecule has 0 bridgehead atoms. The fraction of sp³-hybridized carbons (Fsp3) is 0.389. The van der Waals surface area contributed by atoms with E-state index in [1.165, 1.54) is 17.2 Å². The van der Waals surface area contributed by atoms with Gasteiger partial charge in [-0.1, -0.05) is 24.3 Å². The molecule has 0 saturated carbocycles. The summed E-state index contributed by atoms with van der Waals surface area (Å²) >= 11 is 0. The predicted molar refractivity (Wildman–Crippen MR) is 88.3 cm³/mol. The summed E-state index contributed by atoms with van der Waals surface area (Å²) in [7, 11) is 0. The van der Waals surface area contributed by atoms with Crippen LogP contribution in [0, 0.1) is 12.8 Å². The molecule has 2 aromatic rings. The molecule has 120 valence electrons. The summed E-state index contributed by atoms with van der Waals surface area (Å²) in [6.07, 6.45) is 3.23. The van der Waals surface area contributed by atoms with Gasteiger partial charge in [0.25, 0.3) is 5.56 Å². The molecule has 2 N–H and O–H groups in total. The number of amides is 1. The number of hydrogen-bond acceptors (Lipinski definition) is 3. The van der Waals surface area contributed by atoms with Gasteiger partial charge in [0.05, 0.1) is 0 Å². The Bertz CT molecular complexity index is 767. The lowest BCUT2D eigenvalue weighted by atomic mass is 9.83. The standard InChI is InChI=1S/C18H21N3O2/c1-12-20-16(11-17(22)21-12)8-9-19-18(23)15-7-6-13-4-2-3-5-14(13)10-15/h2-5,11,15H,6-10H2,1H3,(H,19,23)(H,20,21,22)/t15-/m0/s1. The minimum Gasteiger partial charge on any atom is -0.355 e. The number of fused-ring (bicyclic) bond motifs is 1. The van der Waals surface area contributed by atoms with Crippen LogP contribution in [-0.4, -0.2) is 22.4 Å². The summed E-state index contributed by atoms with van der Waals surface area (Å²) in [6.45, 7) is 2.26. The van der Waals surface area contributed by atoms with E-state index in [0.29, 0.717) is 24.5 Å². The molecule has 1 heterocycles. The topological polar surface area (TPSA) is 74.8 Å². The highest BCUT2D eigenvalue weighted by Gasteiger charge is 2.23. The number of aryl methyl sites for hydroxylation is 2. The van der Waals surface area contributed by atoms with Crippen LogP contribution in [0.5, 0.6) is 0 Å². The van der Waals surface area contributed by atoms with Crippen molar-refractivity contribution in [2.45, 2.75) is 32.6 Å². The Morgan fingerprint density at radius 2 is 2.13 bits per heavy atom. The number of carbonyl (C=O) groups is 1. The molecule has 0 spiro atoms. The summed E-state index contributed by atoms with van der Waals surface area (Å²) < 4.78 is 0. The summed E-state index contributed by atoms with van der Waals surface area (Å²) in [5, 5.41) is 2.98. The molecular weight excluding hydrogens is 290 g/mol. The highest BCUT2D eigenvalue weighted by Crippen LogP contribution is 2.25. The molecule has 5 heteroatoms. The zero-order chi connectivity index (χ0) is 16.2. The van der Waals surface area contributed by atoms with Crippen LogP contribution in [-0.2, 0) is 24.1 Å². The van der Waals surface area contributed by atoms with Gasteiger partial charge in [-0.2, -0.15) is 0 Å². The lowest BCUT2D eigenvalue weighted by Gasteiger charge is -2.23. The Kier molecular flexibility index (Phi) is 4.55. The second kappa shape index (κ2) is 6.77. The summed E-state index contributed by atoms with van der Waals surface area (Å²) in [6, 6.07) is 9.81. The van der Waals surface area contributed by atoms with Gasteiger partial charge in [-0.25, -0.2) is 4.98 Å². The van der Waals surface area contributed by atoms with Crippen molar-refractivity contribution in [3.8, 4) is 0 Å².